The number of azo groups is 1. The van der Waals surface area contributed by atoms with Crippen molar-refractivity contribution < 1.29 is 18.8 Å². The molecule has 6 nitrogen and oxygen atoms in total. The Kier molecular flexibility index (Phi) is 12.9. The second-order valence-electron chi connectivity index (χ2n) is 5.01. The van der Waals surface area contributed by atoms with Gasteiger partial charge >= 0.3 is 12.2 Å². The second-order valence-corrected chi connectivity index (χ2v) is 6.42. The van der Waals surface area contributed by atoms with E-state index < -0.39 is 21.9 Å². The summed E-state index contributed by atoms with van der Waals surface area (Å²) in [5.41, 5.74) is 0. The van der Waals surface area contributed by atoms with Crippen LogP contribution in [0.2, 0.25) is 6.04 Å². The van der Waals surface area contributed by atoms with Crippen LogP contribution in [0.4, 0.5) is 9.59 Å². The van der Waals surface area contributed by atoms with Crippen LogP contribution in [0.3, 0.4) is 0 Å². The number of unbranched alkanes of at least 4 members (excludes halogenated alkanes) is 2. The van der Waals surface area contributed by atoms with E-state index in [1.165, 1.54) is 0 Å². The van der Waals surface area contributed by atoms with Gasteiger partial charge in [0.05, 0.1) is 6.61 Å². The number of amides is 2. The van der Waals surface area contributed by atoms with Crippen molar-refractivity contribution >= 4 is 21.9 Å². The smallest absolute Gasteiger partial charge is 0.452 e. The van der Waals surface area contributed by atoms with E-state index in [9.17, 15) is 9.59 Å². The van der Waals surface area contributed by atoms with Crippen molar-refractivity contribution in [3.63, 3.8) is 0 Å². The molecule has 0 aromatic rings. The third kappa shape index (κ3) is 12.2. The number of rotatable bonds is 10. The Morgan fingerprint density at radius 1 is 1.05 bits per heavy atom. The molecule has 0 bridgehead atoms. The van der Waals surface area contributed by atoms with E-state index in [0.29, 0.717) is 12.5 Å². The first-order valence-corrected chi connectivity index (χ1v) is 9.46. The van der Waals surface area contributed by atoms with Crippen LogP contribution in [0.5, 0.6) is 0 Å². The van der Waals surface area contributed by atoms with Gasteiger partial charge in [-0.3, -0.25) is 0 Å². The lowest BCUT2D eigenvalue weighted by Crippen LogP contribution is -2.11. The Hall–Kier alpha value is -1.24. The van der Waals surface area contributed by atoms with Gasteiger partial charge in [-0.05, 0) is 18.4 Å². The van der Waals surface area contributed by atoms with Gasteiger partial charge in [-0.25, -0.2) is 9.59 Å². The molecule has 0 heterocycles. The minimum atomic E-state index is -0.885. The van der Waals surface area contributed by atoms with Crippen molar-refractivity contribution in [3.8, 4) is 0 Å². The molecule has 7 heteroatoms. The topological polar surface area (TPSA) is 77.3 Å². The zero-order valence-electron chi connectivity index (χ0n) is 13.5. The molecule has 0 N–H and O–H groups in total. The average Bonchev–Trinajstić information content (AvgIpc) is 2.49. The summed E-state index contributed by atoms with van der Waals surface area (Å²) in [6.45, 7) is 6.60. The highest BCUT2D eigenvalue weighted by atomic mass is 28.2. The average molecular weight is 316 g/mol. The van der Waals surface area contributed by atoms with Crippen LogP contribution in [-0.4, -0.2) is 28.6 Å². The van der Waals surface area contributed by atoms with Gasteiger partial charge in [-0.2, -0.15) is 0 Å². The Morgan fingerprint density at radius 2 is 1.71 bits per heavy atom. The summed E-state index contributed by atoms with van der Waals surface area (Å²) in [5, 5.41) is 6.43. The Bertz CT molecular complexity index is 324. The molecule has 122 valence electrons. The fraction of sp³-hybridized carbons (Fsp3) is 0.857. The van der Waals surface area contributed by atoms with E-state index in [4.69, 9.17) is 9.16 Å². The van der Waals surface area contributed by atoms with Crippen molar-refractivity contribution in [3.05, 3.63) is 0 Å². The molecular formula is C14H28N2O4Si. The Morgan fingerprint density at radius 3 is 2.33 bits per heavy atom. The predicted molar refractivity (Wildman–Crippen MR) is 84.3 cm³/mol. The molecule has 0 radical (unpaired) electrons. The van der Waals surface area contributed by atoms with Gasteiger partial charge in [0.25, 0.3) is 0 Å². The van der Waals surface area contributed by atoms with Crippen LogP contribution in [0.1, 0.15) is 59.3 Å². The number of ether oxygens (including phenoxy) is 1. The van der Waals surface area contributed by atoms with Gasteiger partial charge in [0.15, 0.2) is 0 Å². The lowest BCUT2D eigenvalue weighted by Gasteiger charge is -2.12. The van der Waals surface area contributed by atoms with E-state index in [1.807, 2.05) is 0 Å². The molecule has 0 fully saturated rings. The number of hydrogen-bond acceptors (Lipinski definition) is 4. The number of hydrogen-bond donors (Lipinski definition) is 0. The highest BCUT2D eigenvalue weighted by Gasteiger charge is 2.10. The maximum absolute atomic E-state index is 11.3. The molecule has 0 saturated heterocycles. The molecule has 1 unspecified atom stereocenters. The van der Waals surface area contributed by atoms with Crippen LogP contribution >= 0.6 is 0 Å². The number of nitrogens with zero attached hydrogens (tertiary/aromatic N) is 2. The summed E-state index contributed by atoms with van der Waals surface area (Å²) < 4.78 is 9.92. The van der Waals surface area contributed by atoms with Gasteiger partial charge in [0, 0.05) is 0 Å². The normalized spacial score (nSPS) is 12.9. The maximum Gasteiger partial charge on any atom is 0.452 e. The third-order valence-electron chi connectivity index (χ3n) is 3.17. The van der Waals surface area contributed by atoms with Crippen LogP contribution in [0.15, 0.2) is 10.2 Å². The Labute approximate surface area is 129 Å². The molecule has 0 spiro atoms. The molecule has 0 saturated carbocycles. The van der Waals surface area contributed by atoms with Gasteiger partial charge in [0.1, 0.15) is 0 Å². The summed E-state index contributed by atoms with van der Waals surface area (Å²) >= 11 is 0. The molecule has 0 rings (SSSR count). The standard InChI is InChI=1S/C14H28N2O4Si/c1-4-7-9-12(6-3)11-19-13(17)15-16-14(18)20-21-10-8-5-2/h12H,4-11,21H2,1-3H3. The largest absolute Gasteiger partial charge is 0.507 e. The summed E-state index contributed by atoms with van der Waals surface area (Å²) in [6.07, 6.45) is 4.75. The van der Waals surface area contributed by atoms with Crippen LogP contribution in [0.25, 0.3) is 0 Å². The van der Waals surface area contributed by atoms with E-state index in [1.54, 1.807) is 0 Å². The predicted octanol–water partition coefficient (Wildman–Crippen LogP) is 4.23. The fourth-order valence-corrected chi connectivity index (χ4v) is 2.82. The molecule has 0 aliphatic heterocycles. The SMILES string of the molecule is CCCC[SiH2]OC(=O)N=NC(=O)OCC(CC)CCCC. The van der Waals surface area contributed by atoms with E-state index >= 15 is 0 Å². The zero-order chi connectivity index (χ0) is 15.9. The monoisotopic (exact) mass is 316 g/mol. The van der Waals surface area contributed by atoms with Crippen molar-refractivity contribution in [2.24, 2.45) is 16.1 Å². The van der Waals surface area contributed by atoms with Gasteiger partial charge in [-0.15, -0.1) is 0 Å². The van der Waals surface area contributed by atoms with Gasteiger partial charge in [-0.1, -0.05) is 63.1 Å². The molecule has 2 amide bonds. The first-order chi connectivity index (χ1) is 10.1. The van der Waals surface area contributed by atoms with Gasteiger partial charge in [0.2, 0.25) is 9.76 Å². The van der Waals surface area contributed by atoms with E-state index in [2.05, 4.69) is 31.0 Å². The molecule has 0 aromatic heterocycles. The number of carbonyl (C=O) groups is 2. The highest BCUT2D eigenvalue weighted by Crippen LogP contribution is 2.13. The summed E-state index contributed by atoms with van der Waals surface area (Å²) in [7, 11) is -0.885. The summed E-state index contributed by atoms with van der Waals surface area (Å²) in [5.74, 6) is 0.345. The summed E-state index contributed by atoms with van der Waals surface area (Å²) in [6, 6.07) is 0.928. The van der Waals surface area contributed by atoms with Crippen LogP contribution < -0.4 is 0 Å². The minimum absolute atomic E-state index is 0.328. The van der Waals surface area contributed by atoms with Crippen LogP contribution in [0, 0.1) is 5.92 Å². The van der Waals surface area contributed by atoms with Crippen molar-refractivity contribution in [2.45, 2.75) is 65.3 Å². The Balaban J connectivity index is 3.85. The molecule has 0 aromatic carbocycles. The lowest BCUT2D eigenvalue weighted by atomic mass is 10.0. The molecule has 21 heavy (non-hydrogen) atoms. The second kappa shape index (κ2) is 13.7. The maximum atomic E-state index is 11.3. The third-order valence-corrected chi connectivity index (χ3v) is 4.41. The quantitative estimate of drug-likeness (QED) is 0.343. The number of carbonyl (C=O) groups excluding carboxylic acids is 2. The van der Waals surface area contributed by atoms with E-state index in [-0.39, 0.29) is 0 Å². The fourth-order valence-electron chi connectivity index (χ4n) is 1.74. The summed E-state index contributed by atoms with van der Waals surface area (Å²) in [4.78, 5) is 22.5. The lowest BCUT2D eigenvalue weighted by molar-refractivity contribution is 0.130. The van der Waals surface area contributed by atoms with Crippen LogP contribution in [-0.2, 0) is 9.16 Å². The highest BCUT2D eigenvalue weighted by molar-refractivity contribution is 6.30. The van der Waals surface area contributed by atoms with Crippen molar-refractivity contribution in [1.29, 1.82) is 0 Å². The molecule has 0 aliphatic carbocycles. The first-order valence-electron chi connectivity index (χ1n) is 7.89. The molecule has 0 aliphatic rings. The zero-order valence-corrected chi connectivity index (χ0v) is 14.9. The van der Waals surface area contributed by atoms with Crippen molar-refractivity contribution in [2.75, 3.05) is 6.61 Å². The molecule has 1 atom stereocenters. The first kappa shape index (κ1) is 19.8. The minimum Gasteiger partial charge on any atom is -0.507 e. The van der Waals surface area contributed by atoms with Crippen molar-refractivity contribution in [1.82, 2.24) is 0 Å². The molecular weight excluding hydrogens is 288 g/mol. The van der Waals surface area contributed by atoms with Gasteiger partial charge < -0.3 is 9.16 Å². The van der Waals surface area contributed by atoms with E-state index in [0.717, 1.165) is 44.6 Å².